The van der Waals surface area contributed by atoms with Crippen LogP contribution >= 0.6 is 22.9 Å². The number of nitrogens with one attached hydrogen (secondary N) is 1. The summed E-state index contributed by atoms with van der Waals surface area (Å²) in [5.41, 5.74) is 1.99. The average Bonchev–Trinajstić information content (AvgIpc) is 3.04. The van der Waals surface area contributed by atoms with Gasteiger partial charge in [-0.3, -0.25) is 0 Å². The number of fused-ring (bicyclic) bond motifs is 1. The van der Waals surface area contributed by atoms with Crippen molar-refractivity contribution >= 4 is 38.3 Å². The topological polar surface area (TPSA) is 34.1 Å². The molecule has 1 N–H and O–H groups in total. The quantitative estimate of drug-likeness (QED) is 0.897. The third-order valence-corrected chi connectivity index (χ3v) is 5.22. The van der Waals surface area contributed by atoms with Crippen LogP contribution in [-0.4, -0.2) is 18.1 Å². The molecular formula is C14H17ClN2OS. The van der Waals surface area contributed by atoms with E-state index in [0.29, 0.717) is 6.04 Å². The third-order valence-electron chi connectivity index (χ3n) is 3.72. The molecule has 102 valence electrons. The van der Waals surface area contributed by atoms with E-state index >= 15 is 0 Å². The number of aromatic nitrogens is 1. The number of anilines is 1. The van der Waals surface area contributed by atoms with Gasteiger partial charge in [-0.2, -0.15) is 0 Å². The maximum Gasteiger partial charge on any atom is 0.184 e. The highest BCUT2D eigenvalue weighted by atomic mass is 35.5. The standard InChI is InChI=1S/C14H17ClN2OS/c1-8-10(15)7-11(18-2)12-13(8)19-14(17-12)16-9-5-3-4-6-9/h7,9H,3-6H2,1-2H3,(H,16,17). The highest BCUT2D eigenvalue weighted by Gasteiger charge is 2.18. The van der Waals surface area contributed by atoms with E-state index in [1.807, 2.05) is 13.0 Å². The van der Waals surface area contributed by atoms with Gasteiger partial charge < -0.3 is 10.1 Å². The third kappa shape index (κ3) is 2.39. The molecule has 0 unspecified atom stereocenters. The SMILES string of the molecule is COc1cc(Cl)c(C)c2sc(NC3CCCC3)nc12. The van der Waals surface area contributed by atoms with Gasteiger partial charge in [0.15, 0.2) is 5.13 Å². The number of hydrogen-bond acceptors (Lipinski definition) is 4. The van der Waals surface area contributed by atoms with Gasteiger partial charge in [-0.25, -0.2) is 4.98 Å². The van der Waals surface area contributed by atoms with Gasteiger partial charge in [0.25, 0.3) is 0 Å². The largest absolute Gasteiger partial charge is 0.494 e. The maximum absolute atomic E-state index is 6.23. The number of methoxy groups -OCH3 is 1. The summed E-state index contributed by atoms with van der Waals surface area (Å²) in [6.45, 7) is 2.03. The van der Waals surface area contributed by atoms with Gasteiger partial charge >= 0.3 is 0 Å². The highest BCUT2D eigenvalue weighted by molar-refractivity contribution is 7.22. The van der Waals surface area contributed by atoms with Crippen LogP contribution in [0, 0.1) is 6.92 Å². The van der Waals surface area contributed by atoms with Crippen LogP contribution in [-0.2, 0) is 0 Å². The lowest BCUT2D eigenvalue weighted by Crippen LogP contribution is -2.13. The van der Waals surface area contributed by atoms with Gasteiger partial charge in [0, 0.05) is 17.1 Å². The van der Waals surface area contributed by atoms with Crippen molar-refractivity contribution in [2.75, 3.05) is 12.4 Å². The van der Waals surface area contributed by atoms with Gasteiger partial charge in [0.1, 0.15) is 11.3 Å². The lowest BCUT2D eigenvalue weighted by molar-refractivity contribution is 0.419. The number of nitrogens with zero attached hydrogens (tertiary/aromatic N) is 1. The zero-order chi connectivity index (χ0) is 13.4. The molecule has 0 spiro atoms. The molecule has 0 aliphatic heterocycles. The number of aryl methyl sites for hydroxylation is 1. The van der Waals surface area contributed by atoms with Crippen LogP contribution < -0.4 is 10.1 Å². The Hall–Kier alpha value is -1.00. The molecule has 1 aromatic carbocycles. The first kappa shape index (κ1) is 13.0. The van der Waals surface area contributed by atoms with E-state index in [9.17, 15) is 0 Å². The van der Waals surface area contributed by atoms with E-state index in [-0.39, 0.29) is 0 Å². The molecule has 1 fully saturated rings. The molecule has 3 nitrogen and oxygen atoms in total. The zero-order valence-corrected chi connectivity index (χ0v) is 12.7. The van der Waals surface area contributed by atoms with Crippen LogP contribution in [0.25, 0.3) is 10.2 Å². The summed E-state index contributed by atoms with van der Waals surface area (Å²) in [5, 5.41) is 5.25. The van der Waals surface area contributed by atoms with Crippen molar-refractivity contribution in [2.45, 2.75) is 38.6 Å². The molecule has 19 heavy (non-hydrogen) atoms. The predicted molar refractivity (Wildman–Crippen MR) is 81.8 cm³/mol. The summed E-state index contributed by atoms with van der Waals surface area (Å²) in [6, 6.07) is 2.42. The second-order valence-corrected chi connectivity index (χ2v) is 6.41. The normalized spacial score (nSPS) is 16.2. The fraction of sp³-hybridized carbons (Fsp3) is 0.500. The summed E-state index contributed by atoms with van der Waals surface area (Å²) in [7, 11) is 1.66. The first-order valence-electron chi connectivity index (χ1n) is 6.59. The Labute approximate surface area is 121 Å². The van der Waals surface area contributed by atoms with Gasteiger partial charge in [-0.1, -0.05) is 35.8 Å². The van der Waals surface area contributed by atoms with Crippen LogP contribution in [0.15, 0.2) is 6.07 Å². The molecular weight excluding hydrogens is 280 g/mol. The lowest BCUT2D eigenvalue weighted by atomic mass is 10.2. The van der Waals surface area contributed by atoms with Crippen molar-refractivity contribution in [1.29, 1.82) is 0 Å². The van der Waals surface area contributed by atoms with E-state index in [1.54, 1.807) is 18.4 Å². The summed E-state index contributed by atoms with van der Waals surface area (Å²) in [6.07, 6.45) is 5.12. The Morgan fingerprint density at radius 2 is 2.16 bits per heavy atom. The van der Waals surface area contributed by atoms with Gasteiger partial charge in [0.2, 0.25) is 0 Å². The van der Waals surface area contributed by atoms with Crippen molar-refractivity contribution < 1.29 is 4.74 Å². The zero-order valence-electron chi connectivity index (χ0n) is 11.1. The molecule has 1 aliphatic carbocycles. The maximum atomic E-state index is 6.23. The number of benzene rings is 1. The van der Waals surface area contributed by atoms with E-state index in [2.05, 4.69) is 10.3 Å². The fourth-order valence-corrected chi connectivity index (χ4v) is 3.92. The average molecular weight is 297 g/mol. The molecule has 0 amide bonds. The minimum absolute atomic E-state index is 0.572. The Kier molecular flexibility index (Phi) is 3.54. The van der Waals surface area contributed by atoms with Crippen LogP contribution in [0.3, 0.4) is 0 Å². The number of ether oxygens (including phenoxy) is 1. The van der Waals surface area contributed by atoms with Crippen molar-refractivity contribution in [3.05, 3.63) is 16.7 Å². The molecule has 5 heteroatoms. The van der Waals surface area contributed by atoms with Gasteiger partial charge in [-0.15, -0.1) is 0 Å². The second-order valence-electron chi connectivity index (χ2n) is 5.01. The Balaban J connectivity index is 2.01. The molecule has 0 bridgehead atoms. The molecule has 3 rings (SSSR count). The van der Waals surface area contributed by atoms with Crippen LogP contribution in [0.1, 0.15) is 31.2 Å². The monoisotopic (exact) mass is 296 g/mol. The molecule has 1 saturated carbocycles. The number of hydrogen-bond donors (Lipinski definition) is 1. The molecule has 1 aromatic heterocycles. The first-order chi connectivity index (χ1) is 9.19. The summed E-state index contributed by atoms with van der Waals surface area (Å²) in [4.78, 5) is 4.67. The molecule has 0 radical (unpaired) electrons. The van der Waals surface area contributed by atoms with E-state index < -0.39 is 0 Å². The lowest BCUT2D eigenvalue weighted by Gasteiger charge is -2.09. The molecule has 2 aromatic rings. The Bertz CT molecular complexity index is 605. The molecule has 0 atom stereocenters. The minimum atomic E-state index is 0.572. The highest BCUT2D eigenvalue weighted by Crippen LogP contribution is 2.39. The van der Waals surface area contributed by atoms with Crippen molar-refractivity contribution in [1.82, 2.24) is 4.98 Å². The van der Waals surface area contributed by atoms with E-state index in [1.165, 1.54) is 25.7 Å². The fourth-order valence-electron chi connectivity index (χ4n) is 2.60. The Morgan fingerprint density at radius 3 is 2.84 bits per heavy atom. The van der Waals surface area contributed by atoms with E-state index in [4.69, 9.17) is 16.3 Å². The smallest absolute Gasteiger partial charge is 0.184 e. The number of thiazole rings is 1. The predicted octanol–water partition coefficient (Wildman–Crippen LogP) is 4.62. The van der Waals surface area contributed by atoms with E-state index in [0.717, 1.165) is 31.7 Å². The van der Waals surface area contributed by atoms with Crippen molar-refractivity contribution in [2.24, 2.45) is 0 Å². The summed E-state index contributed by atoms with van der Waals surface area (Å²) in [5.74, 6) is 0.751. The van der Waals surface area contributed by atoms with Gasteiger partial charge in [0.05, 0.1) is 11.8 Å². The molecule has 1 aliphatic rings. The molecule has 1 heterocycles. The Morgan fingerprint density at radius 1 is 1.42 bits per heavy atom. The summed E-state index contributed by atoms with van der Waals surface area (Å²) >= 11 is 7.90. The van der Waals surface area contributed by atoms with Gasteiger partial charge in [-0.05, 0) is 25.3 Å². The molecule has 0 saturated heterocycles. The second kappa shape index (κ2) is 5.17. The number of halogens is 1. The van der Waals surface area contributed by atoms with Crippen LogP contribution in [0.2, 0.25) is 5.02 Å². The number of rotatable bonds is 3. The van der Waals surface area contributed by atoms with Crippen molar-refractivity contribution in [3.8, 4) is 5.75 Å². The minimum Gasteiger partial charge on any atom is -0.494 e. The van der Waals surface area contributed by atoms with Crippen LogP contribution in [0.5, 0.6) is 5.75 Å². The summed E-state index contributed by atoms with van der Waals surface area (Å²) < 4.78 is 6.49. The van der Waals surface area contributed by atoms with Crippen molar-refractivity contribution in [3.63, 3.8) is 0 Å². The first-order valence-corrected chi connectivity index (χ1v) is 7.78. The van der Waals surface area contributed by atoms with Crippen LogP contribution in [0.4, 0.5) is 5.13 Å².